The zero-order valence-electron chi connectivity index (χ0n) is 12.5. The van der Waals surface area contributed by atoms with Gasteiger partial charge in [0.15, 0.2) is 0 Å². The lowest BCUT2D eigenvalue weighted by Gasteiger charge is -2.10. The molecule has 0 amide bonds. The minimum absolute atomic E-state index is 0.433. The van der Waals surface area contributed by atoms with Gasteiger partial charge in [0, 0.05) is 24.7 Å². The molecule has 1 saturated carbocycles. The Labute approximate surface area is 125 Å². The van der Waals surface area contributed by atoms with Gasteiger partial charge in [-0.1, -0.05) is 19.9 Å². The standard InChI is InChI=1S/C17H20N4/c1-12(2)19-11-13-3-6-17(15(9-13)10-18)21-8-7-16(20-21)14-4-5-14/h3,6-9,12,14,19H,4-5,11H2,1-2H3. The summed E-state index contributed by atoms with van der Waals surface area (Å²) in [6, 6.07) is 10.8. The summed E-state index contributed by atoms with van der Waals surface area (Å²) in [5, 5.41) is 17.4. The van der Waals surface area contributed by atoms with Gasteiger partial charge in [-0.2, -0.15) is 10.4 Å². The highest BCUT2D eigenvalue weighted by Gasteiger charge is 2.26. The third kappa shape index (κ3) is 3.14. The molecule has 0 aliphatic heterocycles. The summed E-state index contributed by atoms with van der Waals surface area (Å²) < 4.78 is 1.83. The Morgan fingerprint density at radius 3 is 2.86 bits per heavy atom. The van der Waals surface area contributed by atoms with Crippen LogP contribution in [0.15, 0.2) is 30.5 Å². The van der Waals surface area contributed by atoms with Gasteiger partial charge in [0.2, 0.25) is 0 Å². The molecule has 1 aliphatic rings. The number of rotatable bonds is 5. The van der Waals surface area contributed by atoms with Crippen molar-refractivity contribution in [3.05, 3.63) is 47.3 Å². The fraction of sp³-hybridized carbons (Fsp3) is 0.412. The molecule has 108 valence electrons. The molecule has 0 radical (unpaired) electrons. The second kappa shape index (κ2) is 5.71. The van der Waals surface area contributed by atoms with Crippen molar-refractivity contribution in [2.45, 2.75) is 45.2 Å². The number of aromatic nitrogens is 2. The van der Waals surface area contributed by atoms with Crippen molar-refractivity contribution < 1.29 is 0 Å². The van der Waals surface area contributed by atoms with Crippen LogP contribution in [0.4, 0.5) is 0 Å². The van der Waals surface area contributed by atoms with Crippen molar-refractivity contribution in [1.82, 2.24) is 15.1 Å². The van der Waals surface area contributed by atoms with Crippen LogP contribution in [-0.4, -0.2) is 15.8 Å². The molecule has 1 fully saturated rings. The molecule has 21 heavy (non-hydrogen) atoms. The predicted molar refractivity (Wildman–Crippen MR) is 82.2 cm³/mol. The highest BCUT2D eigenvalue weighted by atomic mass is 15.3. The molecule has 4 heteroatoms. The van der Waals surface area contributed by atoms with E-state index in [0.29, 0.717) is 17.5 Å². The average Bonchev–Trinajstić information content (AvgIpc) is 3.22. The Kier molecular flexibility index (Phi) is 3.76. The smallest absolute Gasteiger partial charge is 0.101 e. The van der Waals surface area contributed by atoms with E-state index in [-0.39, 0.29) is 0 Å². The highest BCUT2D eigenvalue weighted by Crippen LogP contribution is 2.39. The van der Waals surface area contributed by atoms with Crippen LogP contribution in [-0.2, 0) is 6.54 Å². The quantitative estimate of drug-likeness (QED) is 0.915. The SMILES string of the molecule is CC(C)NCc1ccc(-n2ccc(C3CC3)n2)c(C#N)c1. The van der Waals surface area contributed by atoms with Crippen LogP contribution in [0.2, 0.25) is 0 Å². The zero-order chi connectivity index (χ0) is 14.8. The molecule has 2 aromatic rings. The normalized spacial score (nSPS) is 14.4. The molecule has 0 unspecified atom stereocenters. The molecule has 0 saturated heterocycles. The van der Waals surface area contributed by atoms with E-state index < -0.39 is 0 Å². The van der Waals surface area contributed by atoms with Crippen LogP contribution in [0.3, 0.4) is 0 Å². The van der Waals surface area contributed by atoms with Gasteiger partial charge < -0.3 is 5.32 Å². The lowest BCUT2D eigenvalue weighted by atomic mass is 10.1. The van der Waals surface area contributed by atoms with E-state index in [0.717, 1.165) is 23.5 Å². The number of benzene rings is 1. The van der Waals surface area contributed by atoms with E-state index in [1.807, 2.05) is 23.0 Å². The van der Waals surface area contributed by atoms with E-state index in [1.165, 1.54) is 12.8 Å². The van der Waals surface area contributed by atoms with Crippen LogP contribution in [0.1, 0.15) is 49.4 Å². The van der Waals surface area contributed by atoms with Crippen LogP contribution in [0.25, 0.3) is 5.69 Å². The monoisotopic (exact) mass is 280 g/mol. The third-order valence-corrected chi connectivity index (χ3v) is 3.75. The number of hydrogen-bond donors (Lipinski definition) is 1. The molecule has 1 aliphatic carbocycles. The summed E-state index contributed by atoms with van der Waals surface area (Å²) in [7, 11) is 0. The van der Waals surface area contributed by atoms with Crippen molar-refractivity contribution in [1.29, 1.82) is 5.26 Å². The van der Waals surface area contributed by atoms with E-state index in [2.05, 4.69) is 42.5 Å². The van der Waals surface area contributed by atoms with Gasteiger partial charge in [-0.15, -0.1) is 0 Å². The Hall–Kier alpha value is -2.12. The summed E-state index contributed by atoms with van der Waals surface area (Å²) in [5.41, 5.74) is 3.80. The summed E-state index contributed by atoms with van der Waals surface area (Å²) in [6.45, 7) is 5.00. The first kappa shape index (κ1) is 13.8. The number of nitrogens with one attached hydrogen (secondary N) is 1. The maximum atomic E-state index is 9.40. The molecular weight excluding hydrogens is 260 g/mol. The van der Waals surface area contributed by atoms with Crippen LogP contribution in [0, 0.1) is 11.3 Å². The molecule has 3 rings (SSSR count). The van der Waals surface area contributed by atoms with Crippen LogP contribution in [0.5, 0.6) is 0 Å². The van der Waals surface area contributed by atoms with E-state index in [9.17, 15) is 5.26 Å². The first-order chi connectivity index (χ1) is 10.2. The van der Waals surface area contributed by atoms with E-state index >= 15 is 0 Å². The molecule has 1 heterocycles. The molecule has 1 aromatic heterocycles. The number of nitrogens with zero attached hydrogens (tertiary/aromatic N) is 3. The first-order valence-electron chi connectivity index (χ1n) is 7.49. The average molecular weight is 280 g/mol. The summed E-state index contributed by atoms with van der Waals surface area (Å²) in [6.07, 6.45) is 4.43. The Bertz CT molecular complexity index is 674. The summed E-state index contributed by atoms with van der Waals surface area (Å²) >= 11 is 0. The van der Waals surface area contributed by atoms with Gasteiger partial charge in [0.25, 0.3) is 0 Å². The van der Waals surface area contributed by atoms with Crippen LogP contribution >= 0.6 is 0 Å². The van der Waals surface area contributed by atoms with E-state index in [1.54, 1.807) is 0 Å². The minimum atomic E-state index is 0.433. The summed E-state index contributed by atoms with van der Waals surface area (Å²) in [4.78, 5) is 0. The molecule has 1 aromatic carbocycles. The van der Waals surface area contributed by atoms with Crippen molar-refractivity contribution in [3.63, 3.8) is 0 Å². The largest absolute Gasteiger partial charge is 0.310 e. The van der Waals surface area contributed by atoms with Gasteiger partial charge >= 0.3 is 0 Å². The van der Waals surface area contributed by atoms with Crippen molar-refractivity contribution in [2.24, 2.45) is 0 Å². The summed E-state index contributed by atoms with van der Waals surface area (Å²) in [5.74, 6) is 0.631. The lowest BCUT2D eigenvalue weighted by molar-refractivity contribution is 0.588. The van der Waals surface area contributed by atoms with Gasteiger partial charge in [0.1, 0.15) is 6.07 Å². The molecular formula is C17H20N4. The minimum Gasteiger partial charge on any atom is -0.310 e. The molecule has 0 spiro atoms. The zero-order valence-corrected chi connectivity index (χ0v) is 12.5. The van der Waals surface area contributed by atoms with Gasteiger partial charge in [-0.05, 0) is 36.6 Å². The molecule has 0 atom stereocenters. The van der Waals surface area contributed by atoms with E-state index in [4.69, 9.17) is 0 Å². The Balaban J connectivity index is 1.85. The van der Waals surface area contributed by atoms with Gasteiger partial charge in [0.05, 0.1) is 16.9 Å². The van der Waals surface area contributed by atoms with Crippen molar-refractivity contribution in [3.8, 4) is 11.8 Å². The van der Waals surface area contributed by atoms with Gasteiger partial charge in [-0.3, -0.25) is 0 Å². The number of hydrogen-bond acceptors (Lipinski definition) is 3. The third-order valence-electron chi connectivity index (χ3n) is 3.75. The molecule has 0 bridgehead atoms. The molecule has 4 nitrogen and oxygen atoms in total. The second-order valence-electron chi connectivity index (χ2n) is 5.96. The van der Waals surface area contributed by atoms with Gasteiger partial charge in [-0.25, -0.2) is 4.68 Å². The fourth-order valence-electron chi connectivity index (χ4n) is 2.37. The lowest BCUT2D eigenvalue weighted by Crippen LogP contribution is -2.21. The fourth-order valence-corrected chi connectivity index (χ4v) is 2.37. The first-order valence-corrected chi connectivity index (χ1v) is 7.49. The predicted octanol–water partition coefficient (Wildman–Crippen LogP) is 3.12. The Morgan fingerprint density at radius 1 is 1.38 bits per heavy atom. The van der Waals surface area contributed by atoms with Crippen LogP contribution < -0.4 is 5.32 Å². The topological polar surface area (TPSA) is 53.6 Å². The maximum absolute atomic E-state index is 9.40. The van der Waals surface area contributed by atoms with Crippen molar-refractivity contribution in [2.75, 3.05) is 0 Å². The van der Waals surface area contributed by atoms with Crippen molar-refractivity contribution >= 4 is 0 Å². The molecule has 1 N–H and O–H groups in total. The highest BCUT2D eigenvalue weighted by molar-refractivity contribution is 5.50. The Morgan fingerprint density at radius 2 is 2.19 bits per heavy atom. The second-order valence-corrected chi connectivity index (χ2v) is 5.96. The number of nitriles is 1. The maximum Gasteiger partial charge on any atom is 0.101 e.